The number of carbonyl (C=O) groups is 3. The van der Waals surface area contributed by atoms with E-state index in [9.17, 15) is 14.4 Å². The number of rotatable bonds is 8. The zero-order valence-corrected chi connectivity index (χ0v) is 20.2. The summed E-state index contributed by atoms with van der Waals surface area (Å²) < 4.78 is 21.1. The highest BCUT2D eigenvalue weighted by atomic mass is 19.1. The largest absolute Gasteiger partial charge is 0.370 e. The van der Waals surface area contributed by atoms with E-state index in [4.69, 9.17) is 4.74 Å². The molecule has 8 heteroatoms. The van der Waals surface area contributed by atoms with Gasteiger partial charge < -0.3 is 20.3 Å². The third kappa shape index (κ3) is 5.60. The summed E-state index contributed by atoms with van der Waals surface area (Å²) >= 11 is 0. The van der Waals surface area contributed by atoms with Crippen LogP contribution in [-0.4, -0.2) is 61.4 Å². The summed E-state index contributed by atoms with van der Waals surface area (Å²) in [6.45, 7) is 4.92. The highest BCUT2D eigenvalue weighted by molar-refractivity contribution is 5.96. The number of nitrogens with zero attached hydrogens (tertiary/aromatic N) is 1. The van der Waals surface area contributed by atoms with Crippen molar-refractivity contribution in [3.05, 3.63) is 59.4 Å². The highest BCUT2D eigenvalue weighted by Gasteiger charge is 2.33. The molecular weight excluding hydrogens is 449 g/mol. The number of hydrogen-bond acceptors (Lipinski definition) is 5. The normalized spacial score (nSPS) is 19.1. The van der Waals surface area contributed by atoms with Gasteiger partial charge in [-0.05, 0) is 42.0 Å². The fourth-order valence-electron chi connectivity index (χ4n) is 4.67. The standard InChI is InChI=1S/C27H32FN3O4/c1-17(2)19-10-11-20(24(25(19)28)18-7-4-3-5-8-18)26(30-27(34)21-9-6-12-29-21)22(32)15-31-13-14-35-16-23(31)33/h3-5,7-8,10-11,17,21,26,29H,6,9,12-16H2,1-2H3,(H,30,34). The Balaban J connectivity index is 1.76. The lowest BCUT2D eigenvalue weighted by atomic mass is 9.87. The van der Waals surface area contributed by atoms with Crippen LogP contribution >= 0.6 is 0 Å². The highest BCUT2D eigenvalue weighted by Crippen LogP contribution is 2.35. The van der Waals surface area contributed by atoms with E-state index in [0.717, 1.165) is 13.0 Å². The van der Waals surface area contributed by atoms with Gasteiger partial charge in [0.2, 0.25) is 11.8 Å². The monoisotopic (exact) mass is 481 g/mol. The lowest BCUT2D eigenvalue weighted by Crippen LogP contribution is -2.49. The molecule has 4 rings (SSSR count). The third-order valence-corrected chi connectivity index (χ3v) is 6.62. The summed E-state index contributed by atoms with van der Waals surface area (Å²) in [5.74, 6) is -1.43. The first-order valence-corrected chi connectivity index (χ1v) is 12.2. The number of benzene rings is 2. The lowest BCUT2D eigenvalue weighted by molar-refractivity contribution is -0.146. The number of carbonyl (C=O) groups excluding carboxylic acids is 3. The Bertz CT molecular complexity index is 1080. The molecule has 186 valence electrons. The molecule has 2 unspecified atom stereocenters. The Morgan fingerprint density at radius 1 is 1.17 bits per heavy atom. The van der Waals surface area contributed by atoms with Crippen molar-refractivity contribution in [3.8, 4) is 11.1 Å². The van der Waals surface area contributed by atoms with E-state index in [-0.39, 0.29) is 36.7 Å². The first kappa shape index (κ1) is 25.0. The second-order valence-corrected chi connectivity index (χ2v) is 9.38. The van der Waals surface area contributed by atoms with Crippen LogP contribution in [0.25, 0.3) is 11.1 Å². The molecule has 0 saturated carbocycles. The first-order valence-electron chi connectivity index (χ1n) is 12.2. The van der Waals surface area contributed by atoms with Crippen LogP contribution in [0.3, 0.4) is 0 Å². The maximum atomic E-state index is 15.9. The van der Waals surface area contributed by atoms with Gasteiger partial charge in [0.05, 0.1) is 19.2 Å². The van der Waals surface area contributed by atoms with Gasteiger partial charge in [-0.2, -0.15) is 0 Å². The minimum atomic E-state index is -1.11. The van der Waals surface area contributed by atoms with E-state index in [0.29, 0.717) is 41.8 Å². The summed E-state index contributed by atoms with van der Waals surface area (Å²) in [5.41, 5.74) is 1.83. The van der Waals surface area contributed by atoms with Crippen LogP contribution in [0.1, 0.15) is 49.8 Å². The Kier molecular flexibility index (Phi) is 7.93. The van der Waals surface area contributed by atoms with Gasteiger partial charge in [-0.15, -0.1) is 0 Å². The predicted molar refractivity (Wildman–Crippen MR) is 130 cm³/mol. The second-order valence-electron chi connectivity index (χ2n) is 9.38. The number of hydrogen-bond donors (Lipinski definition) is 2. The van der Waals surface area contributed by atoms with E-state index < -0.39 is 17.9 Å². The van der Waals surface area contributed by atoms with Gasteiger partial charge in [-0.25, -0.2) is 4.39 Å². The van der Waals surface area contributed by atoms with Crippen molar-refractivity contribution in [2.24, 2.45) is 0 Å². The molecule has 35 heavy (non-hydrogen) atoms. The molecule has 2 aromatic rings. The van der Waals surface area contributed by atoms with E-state index in [2.05, 4.69) is 10.6 Å². The molecule has 2 aliphatic heterocycles. The summed E-state index contributed by atoms with van der Waals surface area (Å²) in [6, 6.07) is 10.9. The van der Waals surface area contributed by atoms with Crippen LogP contribution in [0.5, 0.6) is 0 Å². The van der Waals surface area contributed by atoms with Crippen molar-refractivity contribution in [2.45, 2.75) is 44.7 Å². The molecule has 2 amide bonds. The Labute approximate surface area is 205 Å². The zero-order valence-electron chi connectivity index (χ0n) is 20.2. The number of ketones is 1. The molecule has 2 saturated heterocycles. The Morgan fingerprint density at radius 2 is 1.91 bits per heavy atom. The minimum Gasteiger partial charge on any atom is -0.370 e. The predicted octanol–water partition coefficient (Wildman–Crippen LogP) is 2.95. The summed E-state index contributed by atoms with van der Waals surface area (Å²) in [7, 11) is 0. The van der Waals surface area contributed by atoms with E-state index in [1.807, 2.05) is 32.0 Å². The fourth-order valence-corrected chi connectivity index (χ4v) is 4.67. The molecule has 2 N–H and O–H groups in total. The van der Waals surface area contributed by atoms with Crippen molar-refractivity contribution in [2.75, 3.05) is 32.8 Å². The molecule has 2 aromatic carbocycles. The SMILES string of the molecule is CC(C)c1ccc(C(NC(=O)C2CCCN2)C(=O)CN2CCOCC2=O)c(-c2ccccc2)c1F. The fraction of sp³-hybridized carbons (Fsp3) is 0.444. The quantitative estimate of drug-likeness (QED) is 0.605. The van der Waals surface area contributed by atoms with E-state index in [1.165, 1.54) is 4.90 Å². The van der Waals surface area contributed by atoms with Crippen LogP contribution in [-0.2, 0) is 19.1 Å². The van der Waals surface area contributed by atoms with Crippen LogP contribution in [0.4, 0.5) is 4.39 Å². The van der Waals surface area contributed by atoms with Gasteiger partial charge in [0.15, 0.2) is 5.78 Å². The van der Waals surface area contributed by atoms with Crippen LogP contribution in [0.15, 0.2) is 42.5 Å². The maximum absolute atomic E-state index is 15.9. The average Bonchev–Trinajstić information content (AvgIpc) is 3.39. The summed E-state index contributed by atoms with van der Waals surface area (Å²) in [6.07, 6.45) is 1.53. The molecule has 2 aliphatic rings. The van der Waals surface area contributed by atoms with Gasteiger partial charge in [0, 0.05) is 12.1 Å². The van der Waals surface area contributed by atoms with Crippen molar-refractivity contribution in [1.82, 2.24) is 15.5 Å². The first-order chi connectivity index (χ1) is 16.9. The maximum Gasteiger partial charge on any atom is 0.249 e. The smallest absolute Gasteiger partial charge is 0.249 e. The third-order valence-electron chi connectivity index (χ3n) is 6.62. The molecule has 0 aromatic heterocycles. The molecular formula is C27H32FN3O4. The van der Waals surface area contributed by atoms with Crippen molar-refractivity contribution in [1.29, 1.82) is 0 Å². The van der Waals surface area contributed by atoms with E-state index in [1.54, 1.807) is 24.3 Å². The number of Topliss-reactive ketones (excluding diaryl/α,β-unsaturated/α-hetero) is 1. The number of nitrogens with one attached hydrogen (secondary N) is 2. The van der Waals surface area contributed by atoms with Gasteiger partial charge in [0.1, 0.15) is 18.5 Å². The summed E-state index contributed by atoms with van der Waals surface area (Å²) in [4.78, 5) is 40.4. The van der Waals surface area contributed by atoms with Crippen molar-refractivity contribution >= 4 is 17.6 Å². The van der Waals surface area contributed by atoms with Crippen molar-refractivity contribution < 1.29 is 23.5 Å². The number of morpholine rings is 1. The molecule has 0 aliphatic carbocycles. The molecule has 2 fully saturated rings. The van der Waals surface area contributed by atoms with Crippen molar-refractivity contribution in [3.63, 3.8) is 0 Å². The van der Waals surface area contributed by atoms with E-state index >= 15 is 4.39 Å². The molecule has 0 radical (unpaired) electrons. The zero-order chi connectivity index (χ0) is 24.9. The Hall–Kier alpha value is -3.10. The van der Waals surface area contributed by atoms with Crippen LogP contribution < -0.4 is 10.6 Å². The van der Waals surface area contributed by atoms with Gasteiger partial charge >= 0.3 is 0 Å². The molecule has 0 bridgehead atoms. The van der Waals surface area contributed by atoms with Crippen LogP contribution in [0, 0.1) is 5.82 Å². The minimum absolute atomic E-state index is 0.0658. The molecule has 7 nitrogen and oxygen atoms in total. The molecule has 0 spiro atoms. The summed E-state index contributed by atoms with van der Waals surface area (Å²) in [5, 5.41) is 6.02. The molecule has 2 atom stereocenters. The second kappa shape index (κ2) is 11.1. The van der Waals surface area contributed by atoms with Crippen LogP contribution in [0.2, 0.25) is 0 Å². The molecule has 2 heterocycles. The number of amides is 2. The lowest BCUT2D eigenvalue weighted by Gasteiger charge is -2.29. The van der Waals surface area contributed by atoms with Gasteiger partial charge in [-0.3, -0.25) is 14.4 Å². The average molecular weight is 482 g/mol. The Morgan fingerprint density at radius 3 is 2.57 bits per heavy atom. The number of halogens is 1. The topological polar surface area (TPSA) is 87.7 Å². The van der Waals surface area contributed by atoms with Gasteiger partial charge in [-0.1, -0.05) is 56.3 Å². The number of ether oxygens (including phenoxy) is 1. The van der Waals surface area contributed by atoms with Gasteiger partial charge in [0.25, 0.3) is 0 Å².